The van der Waals surface area contributed by atoms with Gasteiger partial charge in [-0.25, -0.2) is 8.42 Å². The van der Waals surface area contributed by atoms with E-state index >= 15 is 0 Å². The number of sulfone groups is 1. The van der Waals surface area contributed by atoms with Crippen molar-refractivity contribution in [2.75, 3.05) is 24.6 Å². The molecule has 0 atom stereocenters. The number of phenolic OH excluding ortho intramolecular Hbond substituents is 1. The standard InChI is InChI=1S/C12H16BrNO3S/c13-12-3-2-11(15)8-10(12)9-14-4-1-6-18(16,17)7-5-14/h2-3,8,15H,1,4-7,9H2. The third kappa shape index (κ3) is 3.70. The zero-order chi connectivity index (χ0) is 13.2. The summed E-state index contributed by atoms with van der Waals surface area (Å²) in [5, 5.41) is 9.47. The van der Waals surface area contributed by atoms with Gasteiger partial charge in [-0.1, -0.05) is 15.9 Å². The van der Waals surface area contributed by atoms with E-state index in [-0.39, 0.29) is 17.3 Å². The Bertz CT molecular complexity index is 530. The third-order valence-corrected chi connectivity index (χ3v) is 5.56. The number of hydrogen-bond acceptors (Lipinski definition) is 4. The van der Waals surface area contributed by atoms with Gasteiger partial charge in [-0.05, 0) is 36.7 Å². The van der Waals surface area contributed by atoms with E-state index in [1.54, 1.807) is 18.2 Å². The van der Waals surface area contributed by atoms with Gasteiger partial charge in [0.2, 0.25) is 0 Å². The van der Waals surface area contributed by atoms with E-state index in [9.17, 15) is 13.5 Å². The molecule has 1 aliphatic heterocycles. The summed E-state index contributed by atoms with van der Waals surface area (Å²) in [6.45, 7) is 2.00. The normalized spacial score (nSPS) is 20.5. The largest absolute Gasteiger partial charge is 0.508 e. The second kappa shape index (κ2) is 5.59. The van der Waals surface area contributed by atoms with E-state index in [4.69, 9.17) is 0 Å². The highest BCUT2D eigenvalue weighted by Crippen LogP contribution is 2.23. The van der Waals surface area contributed by atoms with Gasteiger partial charge >= 0.3 is 0 Å². The Hall–Kier alpha value is -0.590. The quantitative estimate of drug-likeness (QED) is 0.896. The Morgan fingerprint density at radius 3 is 2.83 bits per heavy atom. The van der Waals surface area contributed by atoms with Gasteiger partial charge in [-0.2, -0.15) is 0 Å². The van der Waals surface area contributed by atoms with Crippen molar-refractivity contribution in [2.24, 2.45) is 0 Å². The second-order valence-electron chi connectivity index (χ2n) is 4.56. The van der Waals surface area contributed by atoms with Gasteiger partial charge in [0.05, 0.1) is 11.5 Å². The lowest BCUT2D eigenvalue weighted by atomic mass is 10.2. The minimum atomic E-state index is -2.87. The summed E-state index contributed by atoms with van der Waals surface area (Å²) in [4.78, 5) is 2.12. The molecule has 18 heavy (non-hydrogen) atoms. The molecule has 0 spiro atoms. The van der Waals surface area contributed by atoms with Crippen LogP contribution in [0.5, 0.6) is 5.75 Å². The van der Waals surface area contributed by atoms with Crippen molar-refractivity contribution < 1.29 is 13.5 Å². The van der Waals surface area contributed by atoms with Crippen LogP contribution in [0, 0.1) is 0 Å². The first-order valence-electron chi connectivity index (χ1n) is 5.86. The third-order valence-electron chi connectivity index (χ3n) is 3.07. The van der Waals surface area contributed by atoms with E-state index in [1.165, 1.54) is 0 Å². The highest BCUT2D eigenvalue weighted by molar-refractivity contribution is 9.10. The Labute approximate surface area is 116 Å². The van der Waals surface area contributed by atoms with Crippen LogP contribution in [0.15, 0.2) is 22.7 Å². The van der Waals surface area contributed by atoms with Crippen molar-refractivity contribution in [1.82, 2.24) is 4.90 Å². The lowest BCUT2D eigenvalue weighted by molar-refractivity contribution is 0.286. The van der Waals surface area contributed by atoms with Crippen LogP contribution in [0.3, 0.4) is 0 Å². The maximum atomic E-state index is 11.5. The number of hydrogen-bond donors (Lipinski definition) is 1. The van der Waals surface area contributed by atoms with E-state index in [0.717, 1.165) is 16.6 Å². The van der Waals surface area contributed by atoms with Crippen molar-refractivity contribution in [3.05, 3.63) is 28.2 Å². The summed E-state index contributed by atoms with van der Waals surface area (Å²) in [6, 6.07) is 5.14. The number of phenols is 1. The summed E-state index contributed by atoms with van der Waals surface area (Å²) >= 11 is 3.44. The van der Waals surface area contributed by atoms with Gasteiger partial charge in [0, 0.05) is 17.6 Å². The van der Waals surface area contributed by atoms with E-state index in [1.807, 2.05) is 0 Å². The molecule has 0 bridgehead atoms. The molecular formula is C12H16BrNO3S. The number of aromatic hydroxyl groups is 1. The van der Waals surface area contributed by atoms with Crippen LogP contribution in [0.4, 0.5) is 0 Å². The molecule has 1 heterocycles. The van der Waals surface area contributed by atoms with Crippen molar-refractivity contribution >= 4 is 25.8 Å². The maximum absolute atomic E-state index is 11.5. The Morgan fingerprint density at radius 2 is 2.06 bits per heavy atom. The van der Waals surface area contributed by atoms with Crippen molar-refractivity contribution in [2.45, 2.75) is 13.0 Å². The molecule has 0 aromatic heterocycles. The zero-order valence-corrected chi connectivity index (χ0v) is 12.4. The maximum Gasteiger partial charge on any atom is 0.151 e. The monoisotopic (exact) mass is 333 g/mol. The van der Waals surface area contributed by atoms with E-state index < -0.39 is 9.84 Å². The van der Waals surface area contributed by atoms with Crippen molar-refractivity contribution in [1.29, 1.82) is 0 Å². The molecule has 1 saturated heterocycles. The summed E-state index contributed by atoms with van der Waals surface area (Å²) < 4.78 is 24.0. The number of nitrogens with zero attached hydrogens (tertiary/aromatic N) is 1. The number of rotatable bonds is 2. The topological polar surface area (TPSA) is 57.6 Å². The molecule has 1 aromatic rings. The molecule has 2 rings (SSSR count). The van der Waals surface area contributed by atoms with Crippen LogP contribution < -0.4 is 0 Å². The Kier molecular flexibility index (Phi) is 4.29. The summed E-state index contributed by atoms with van der Waals surface area (Å²) in [5.74, 6) is 0.740. The van der Waals surface area contributed by atoms with Crippen LogP contribution in [0.1, 0.15) is 12.0 Å². The molecule has 6 heteroatoms. The molecule has 1 aliphatic rings. The molecule has 0 amide bonds. The average Bonchev–Trinajstić information content (AvgIpc) is 2.46. The second-order valence-corrected chi connectivity index (χ2v) is 7.72. The van der Waals surface area contributed by atoms with Gasteiger partial charge in [0.15, 0.2) is 9.84 Å². The van der Waals surface area contributed by atoms with E-state index in [2.05, 4.69) is 20.8 Å². The average molecular weight is 334 g/mol. The molecule has 1 aromatic carbocycles. The highest BCUT2D eigenvalue weighted by atomic mass is 79.9. The van der Waals surface area contributed by atoms with Crippen molar-refractivity contribution in [3.63, 3.8) is 0 Å². The van der Waals surface area contributed by atoms with Crippen LogP contribution >= 0.6 is 15.9 Å². The summed E-state index contributed by atoms with van der Waals surface area (Å²) in [5.41, 5.74) is 0.981. The van der Waals surface area contributed by atoms with Crippen LogP contribution in [-0.2, 0) is 16.4 Å². The molecule has 0 aliphatic carbocycles. The fourth-order valence-corrected chi connectivity index (χ4v) is 3.75. The Balaban J connectivity index is 2.07. The highest BCUT2D eigenvalue weighted by Gasteiger charge is 2.19. The molecule has 1 fully saturated rings. The predicted molar refractivity (Wildman–Crippen MR) is 74.4 cm³/mol. The molecular weight excluding hydrogens is 318 g/mol. The predicted octanol–water partition coefficient (Wildman–Crippen LogP) is 1.78. The van der Waals surface area contributed by atoms with Gasteiger partial charge in [-0.15, -0.1) is 0 Å². The number of halogens is 1. The van der Waals surface area contributed by atoms with Gasteiger partial charge in [-0.3, -0.25) is 4.90 Å². The SMILES string of the molecule is O=S1(=O)CCCN(Cc2cc(O)ccc2Br)CC1. The molecule has 100 valence electrons. The lowest BCUT2D eigenvalue weighted by Crippen LogP contribution is -2.26. The van der Waals surface area contributed by atoms with Crippen LogP contribution in [-0.4, -0.2) is 43.0 Å². The zero-order valence-electron chi connectivity index (χ0n) is 9.97. The van der Waals surface area contributed by atoms with E-state index in [0.29, 0.717) is 19.5 Å². The molecule has 0 saturated carbocycles. The summed E-state index contributed by atoms with van der Waals surface area (Å²) in [6.07, 6.45) is 0.679. The summed E-state index contributed by atoms with van der Waals surface area (Å²) in [7, 11) is -2.87. The van der Waals surface area contributed by atoms with Crippen LogP contribution in [0.25, 0.3) is 0 Å². The minimum Gasteiger partial charge on any atom is -0.508 e. The molecule has 0 radical (unpaired) electrons. The fourth-order valence-electron chi connectivity index (χ4n) is 2.07. The lowest BCUT2D eigenvalue weighted by Gasteiger charge is -2.20. The first-order valence-corrected chi connectivity index (χ1v) is 8.48. The van der Waals surface area contributed by atoms with Crippen LogP contribution in [0.2, 0.25) is 0 Å². The Morgan fingerprint density at radius 1 is 1.28 bits per heavy atom. The van der Waals surface area contributed by atoms with Gasteiger partial charge < -0.3 is 5.11 Å². The van der Waals surface area contributed by atoms with Gasteiger partial charge in [0.1, 0.15) is 5.75 Å². The smallest absolute Gasteiger partial charge is 0.151 e. The first-order chi connectivity index (χ1) is 8.46. The molecule has 4 nitrogen and oxygen atoms in total. The minimum absolute atomic E-state index is 0.226. The fraction of sp³-hybridized carbons (Fsp3) is 0.500. The van der Waals surface area contributed by atoms with Gasteiger partial charge in [0.25, 0.3) is 0 Å². The number of benzene rings is 1. The molecule has 0 unspecified atom stereocenters. The molecule has 1 N–H and O–H groups in total. The first kappa shape index (κ1) is 13.8. The van der Waals surface area contributed by atoms with Crippen molar-refractivity contribution in [3.8, 4) is 5.75 Å².